The molecule has 2 heterocycles. The predicted octanol–water partition coefficient (Wildman–Crippen LogP) is 0.302. The Morgan fingerprint density at radius 1 is 1.40 bits per heavy atom. The van der Waals surface area contributed by atoms with E-state index < -0.39 is 15.7 Å². The van der Waals surface area contributed by atoms with Crippen LogP contribution < -0.4 is 16.6 Å². The lowest BCUT2D eigenvalue weighted by Crippen LogP contribution is -2.30. The maximum atomic E-state index is 11.3. The van der Waals surface area contributed by atoms with Crippen molar-refractivity contribution >= 4 is 28.3 Å². The molecule has 4 N–H and O–H groups in total. The molecule has 1 aliphatic rings. The van der Waals surface area contributed by atoms with Gasteiger partial charge in [-0.2, -0.15) is 4.98 Å². The number of nitrogen functional groups attached to an aromatic ring is 1. The molecule has 0 aliphatic carbocycles. The maximum absolute atomic E-state index is 11.3. The summed E-state index contributed by atoms with van der Waals surface area (Å²) in [5.41, 5.74) is 2.36. The highest BCUT2D eigenvalue weighted by Crippen LogP contribution is 2.28. The van der Waals surface area contributed by atoms with Crippen LogP contribution in [0, 0.1) is 17.0 Å². The monoisotopic (exact) mass is 300 g/mol. The standard InChI is InChI=1S/C10H16N6O3S/c1-6-8(16(17)18)9(14-10(12-6)15-11)13-7-2-4-20(19)5-3-7/h7H,2-5,11H2,1H3,(H2,12,13,14,15). The Bertz CT molecular complexity index is 542. The first-order valence-electron chi connectivity index (χ1n) is 6.12. The number of aromatic nitrogens is 2. The Balaban J connectivity index is 2.26. The van der Waals surface area contributed by atoms with E-state index in [1.807, 2.05) is 0 Å². The van der Waals surface area contributed by atoms with Crippen LogP contribution in [0.2, 0.25) is 0 Å². The van der Waals surface area contributed by atoms with Crippen molar-refractivity contribution in [2.24, 2.45) is 5.84 Å². The lowest BCUT2D eigenvalue weighted by atomic mass is 10.1. The maximum Gasteiger partial charge on any atom is 0.332 e. The average Bonchev–Trinajstić information content (AvgIpc) is 2.40. The van der Waals surface area contributed by atoms with Crippen molar-refractivity contribution in [1.82, 2.24) is 9.97 Å². The molecule has 1 saturated heterocycles. The number of nitro groups is 1. The van der Waals surface area contributed by atoms with Gasteiger partial charge in [0.1, 0.15) is 5.69 Å². The average molecular weight is 300 g/mol. The number of hydrogen-bond donors (Lipinski definition) is 3. The highest BCUT2D eigenvalue weighted by atomic mass is 32.2. The van der Waals surface area contributed by atoms with Gasteiger partial charge in [-0.05, 0) is 19.8 Å². The fourth-order valence-electron chi connectivity index (χ4n) is 2.08. The second kappa shape index (κ2) is 6.09. The molecule has 2 rings (SSSR count). The lowest BCUT2D eigenvalue weighted by molar-refractivity contribution is -0.385. The van der Waals surface area contributed by atoms with Crippen LogP contribution in [0.25, 0.3) is 0 Å². The Hall–Kier alpha value is -1.81. The molecule has 0 atom stereocenters. The molecular weight excluding hydrogens is 284 g/mol. The molecule has 0 spiro atoms. The van der Waals surface area contributed by atoms with Gasteiger partial charge in [0.15, 0.2) is 0 Å². The summed E-state index contributed by atoms with van der Waals surface area (Å²) in [7, 11) is -0.782. The molecule has 0 amide bonds. The highest BCUT2D eigenvalue weighted by molar-refractivity contribution is 7.85. The van der Waals surface area contributed by atoms with Gasteiger partial charge in [-0.15, -0.1) is 0 Å². The third-order valence-corrected chi connectivity index (χ3v) is 4.48. The normalized spacial score (nSPS) is 22.3. The zero-order valence-electron chi connectivity index (χ0n) is 11.0. The third-order valence-electron chi connectivity index (χ3n) is 3.10. The summed E-state index contributed by atoms with van der Waals surface area (Å²) in [6, 6.07) is 0.0197. The first-order chi connectivity index (χ1) is 9.51. The molecule has 0 unspecified atom stereocenters. The van der Waals surface area contributed by atoms with E-state index in [-0.39, 0.29) is 29.2 Å². The quantitative estimate of drug-likeness (QED) is 0.410. The number of aryl methyl sites for hydroxylation is 1. The van der Waals surface area contributed by atoms with Crippen molar-refractivity contribution in [2.75, 3.05) is 22.2 Å². The van der Waals surface area contributed by atoms with Crippen molar-refractivity contribution in [2.45, 2.75) is 25.8 Å². The lowest BCUT2D eigenvalue weighted by Gasteiger charge is -2.23. The van der Waals surface area contributed by atoms with Gasteiger partial charge in [0, 0.05) is 28.3 Å². The van der Waals surface area contributed by atoms with E-state index in [0.29, 0.717) is 24.3 Å². The van der Waals surface area contributed by atoms with Gasteiger partial charge >= 0.3 is 5.69 Å². The largest absolute Gasteiger partial charge is 0.361 e. The second-order valence-electron chi connectivity index (χ2n) is 4.50. The number of hydrogen-bond acceptors (Lipinski definition) is 8. The zero-order chi connectivity index (χ0) is 14.7. The van der Waals surface area contributed by atoms with Crippen LogP contribution in [0.15, 0.2) is 0 Å². The molecule has 1 aromatic rings. The van der Waals surface area contributed by atoms with E-state index in [4.69, 9.17) is 5.84 Å². The van der Waals surface area contributed by atoms with Crippen LogP contribution in [0.5, 0.6) is 0 Å². The summed E-state index contributed by atoms with van der Waals surface area (Å²) in [4.78, 5) is 18.5. The molecule has 1 fully saturated rings. The van der Waals surface area contributed by atoms with E-state index in [1.165, 1.54) is 6.92 Å². The number of hydrazine groups is 1. The summed E-state index contributed by atoms with van der Waals surface area (Å²) in [6.07, 6.45) is 1.39. The minimum atomic E-state index is -0.782. The van der Waals surface area contributed by atoms with E-state index >= 15 is 0 Å². The van der Waals surface area contributed by atoms with Crippen molar-refractivity contribution in [3.05, 3.63) is 15.8 Å². The minimum absolute atomic E-state index is 0.0197. The molecule has 0 bridgehead atoms. The predicted molar refractivity (Wildman–Crippen MR) is 75.8 cm³/mol. The molecule has 0 radical (unpaired) electrons. The number of anilines is 2. The van der Waals surface area contributed by atoms with E-state index in [1.54, 1.807) is 0 Å². The van der Waals surface area contributed by atoms with Crippen LogP contribution in [-0.4, -0.2) is 36.6 Å². The van der Waals surface area contributed by atoms with Crippen LogP contribution in [-0.2, 0) is 10.8 Å². The molecule has 0 saturated carbocycles. The molecule has 20 heavy (non-hydrogen) atoms. The Morgan fingerprint density at radius 3 is 2.60 bits per heavy atom. The number of nitrogens with two attached hydrogens (primary N) is 1. The number of rotatable bonds is 4. The second-order valence-corrected chi connectivity index (χ2v) is 6.19. The van der Waals surface area contributed by atoms with Gasteiger partial charge < -0.3 is 5.32 Å². The third kappa shape index (κ3) is 3.20. The smallest absolute Gasteiger partial charge is 0.332 e. The van der Waals surface area contributed by atoms with Gasteiger partial charge in [-0.1, -0.05) is 0 Å². The zero-order valence-corrected chi connectivity index (χ0v) is 11.8. The van der Waals surface area contributed by atoms with Gasteiger partial charge in [-0.25, -0.2) is 10.8 Å². The fraction of sp³-hybridized carbons (Fsp3) is 0.600. The first-order valence-corrected chi connectivity index (χ1v) is 7.61. The van der Waals surface area contributed by atoms with Crippen molar-refractivity contribution in [1.29, 1.82) is 0 Å². The Kier molecular flexibility index (Phi) is 4.45. The van der Waals surface area contributed by atoms with Gasteiger partial charge in [-0.3, -0.25) is 19.7 Å². The van der Waals surface area contributed by atoms with Crippen LogP contribution in [0.1, 0.15) is 18.5 Å². The van der Waals surface area contributed by atoms with Crippen LogP contribution in [0.4, 0.5) is 17.5 Å². The summed E-state index contributed by atoms with van der Waals surface area (Å²) in [5, 5.41) is 14.2. The van der Waals surface area contributed by atoms with Crippen LogP contribution >= 0.6 is 0 Å². The Labute approximate surface area is 117 Å². The highest BCUT2D eigenvalue weighted by Gasteiger charge is 2.25. The van der Waals surface area contributed by atoms with E-state index in [9.17, 15) is 14.3 Å². The fourth-order valence-corrected chi connectivity index (χ4v) is 3.38. The van der Waals surface area contributed by atoms with Crippen LogP contribution in [0.3, 0.4) is 0 Å². The van der Waals surface area contributed by atoms with Crippen molar-refractivity contribution in [3.8, 4) is 0 Å². The first kappa shape index (κ1) is 14.6. The summed E-state index contributed by atoms with van der Waals surface area (Å²) in [6.45, 7) is 1.53. The minimum Gasteiger partial charge on any atom is -0.361 e. The number of nitrogens with one attached hydrogen (secondary N) is 2. The number of nitrogens with zero attached hydrogens (tertiary/aromatic N) is 3. The van der Waals surface area contributed by atoms with E-state index in [2.05, 4.69) is 20.7 Å². The Morgan fingerprint density at radius 2 is 2.05 bits per heavy atom. The molecule has 1 aliphatic heterocycles. The molecule has 9 nitrogen and oxygen atoms in total. The summed E-state index contributed by atoms with van der Waals surface area (Å²) < 4.78 is 11.3. The molecule has 10 heteroatoms. The SMILES string of the molecule is Cc1nc(NN)nc(NC2CCS(=O)CC2)c1[N+](=O)[O-]. The molecule has 1 aromatic heterocycles. The molecule has 0 aromatic carbocycles. The van der Waals surface area contributed by atoms with Gasteiger partial charge in [0.2, 0.25) is 11.8 Å². The summed E-state index contributed by atoms with van der Waals surface area (Å²) in [5.74, 6) is 6.71. The summed E-state index contributed by atoms with van der Waals surface area (Å²) >= 11 is 0. The van der Waals surface area contributed by atoms with E-state index in [0.717, 1.165) is 0 Å². The molecule has 110 valence electrons. The van der Waals surface area contributed by atoms with Crippen molar-refractivity contribution in [3.63, 3.8) is 0 Å². The molecular formula is C10H16N6O3S. The van der Waals surface area contributed by atoms with Gasteiger partial charge in [0.05, 0.1) is 4.92 Å². The topological polar surface area (TPSA) is 136 Å². The van der Waals surface area contributed by atoms with Gasteiger partial charge in [0.25, 0.3) is 0 Å². The van der Waals surface area contributed by atoms with Crippen molar-refractivity contribution < 1.29 is 9.13 Å².